The van der Waals surface area contributed by atoms with E-state index < -0.39 is 0 Å². The van der Waals surface area contributed by atoms with Crippen molar-refractivity contribution in [2.24, 2.45) is 11.0 Å². The molecule has 0 fully saturated rings. The van der Waals surface area contributed by atoms with E-state index in [2.05, 4.69) is 24.4 Å². The van der Waals surface area contributed by atoms with Gasteiger partial charge in [0.1, 0.15) is 17.2 Å². The molecule has 0 saturated heterocycles. The van der Waals surface area contributed by atoms with Crippen LogP contribution in [0.4, 0.5) is 0 Å². The summed E-state index contributed by atoms with van der Waals surface area (Å²) >= 11 is 0. The van der Waals surface area contributed by atoms with Gasteiger partial charge in [0.2, 0.25) is 0 Å². The van der Waals surface area contributed by atoms with Crippen molar-refractivity contribution < 1.29 is 19.7 Å². The molecule has 1 amide bonds. The third kappa shape index (κ3) is 5.84. The zero-order valence-electron chi connectivity index (χ0n) is 14.3. The number of hydrogen-bond donors (Lipinski definition) is 3. The van der Waals surface area contributed by atoms with Crippen LogP contribution in [0.25, 0.3) is 0 Å². The van der Waals surface area contributed by atoms with E-state index in [1.165, 1.54) is 24.4 Å². The quantitative estimate of drug-likeness (QED) is 0.532. The Morgan fingerprint density at radius 1 is 1.20 bits per heavy atom. The highest BCUT2D eigenvalue weighted by Gasteiger charge is 2.05. The van der Waals surface area contributed by atoms with Crippen molar-refractivity contribution in [3.63, 3.8) is 0 Å². The summed E-state index contributed by atoms with van der Waals surface area (Å²) in [5.74, 6) is 0.754. The maximum absolute atomic E-state index is 12.0. The smallest absolute Gasteiger partial charge is 0.271 e. The molecule has 6 nitrogen and oxygen atoms in total. The normalized spacial score (nSPS) is 11.0. The summed E-state index contributed by atoms with van der Waals surface area (Å²) < 4.78 is 5.60. The Bertz CT molecular complexity index is 740. The standard InChI is InChI=1S/C19H22N2O4/c1-13(2)9-10-25-17-7-4-14(5-8-17)19(24)21-20-12-15-3-6-16(22)11-18(15)23/h3-8,11-13,22-23H,9-10H2,1-2H3,(H,21,24)/b20-12+. The van der Waals surface area contributed by atoms with E-state index in [1.807, 2.05) is 0 Å². The Labute approximate surface area is 146 Å². The molecule has 0 bridgehead atoms. The van der Waals surface area contributed by atoms with E-state index in [1.54, 1.807) is 24.3 Å². The summed E-state index contributed by atoms with van der Waals surface area (Å²) in [4.78, 5) is 12.0. The number of amides is 1. The summed E-state index contributed by atoms with van der Waals surface area (Å²) in [5.41, 5.74) is 3.21. The van der Waals surface area contributed by atoms with Gasteiger partial charge in [-0.25, -0.2) is 5.43 Å². The zero-order valence-corrected chi connectivity index (χ0v) is 14.3. The number of carbonyl (C=O) groups is 1. The lowest BCUT2D eigenvalue weighted by molar-refractivity contribution is 0.0955. The second-order valence-corrected chi connectivity index (χ2v) is 6.00. The second-order valence-electron chi connectivity index (χ2n) is 6.00. The highest BCUT2D eigenvalue weighted by atomic mass is 16.5. The van der Waals surface area contributed by atoms with Crippen molar-refractivity contribution in [2.45, 2.75) is 20.3 Å². The molecule has 0 unspecified atom stereocenters. The molecular weight excluding hydrogens is 320 g/mol. The number of carbonyl (C=O) groups excluding carboxylic acids is 1. The van der Waals surface area contributed by atoms with Crippen LogP contribution in [-0.4, -0.2) is 28.9 Å². The van der Waals surface area contributed by atoms with Crippen molar-refractivity contribution in [3.05, 3.63) is 53.6 Å². The van der Waals surface area contributed by atoms with Crippen molar-refractivity contribution in [1.29, 1.82) is 0 Å². The van der Waals surface area contributed by atoms with E-state index in [0.717, 1.165) is 12.2 Å². The van der Waals surface area contributed by atoms with Crippen LogP contribution in [0.15, 0.2) is 47.6 Å². The molecule has 0 aliphatic carbocycles. The van der Waals surface area contributed by atoms with Gasteiger partial charge in [0.25, 0.3) is 5.91 Å². The number of nitrogens with one attached hydrogen (secondary N) is 1. The first kappa shape index (κ1) is 18.3. The summed E-state index contributed by atoms with van der Waals surface area (Å²) in [7, 11) is 0. The molecule has 2 aromatic rings. The van der Waals surface area contributed by atoms with Gasteiger partial charge in [0.15, 0.2) is 0 Å². The Morgan fingerprint density at radius 3 is 2.56 bits per heavy atom. The highest BCUT2D eigenvalue weighted by Crippen LogP contribution is 2.20. The molecule has 2 aromatic carbocycles. The lowest BCUT2D eigenvalue weighted by atomic mass is 10.1. The topological polar surface area (TPSA) is 91.2 Å². The van der Waals surface area contributed by atoms with Crippen molar-refractivity contribution >= 4 is 12.1 Å². The summed E-state index contributed by atoms with van der Waals surface area (Å²) in [6, 6.07) is 10.9. The van der Waals surface area contributed by atoms with E-state index in [9.17, 15) is 15.0 Å². The summed E-state index contributed by atoms with van der Waals surface area (Å²) in [6.45, 7) is 4.91. The molecule has 0 atom stereocenters. The molecule has 2 rings (SSSR count). The van der Waals surface area contributed by atoms with E-state index in [4.69, 9.17) is 4.74 Å². The molecule has 0 radical (unpaired) electrons. The van der Waals surface area contributed by atoms with Crippen molar-refractivity contribution in [2.75, 3.05) is 6.61 Å². The minimum absolute atomic E-state index is 0.0469. The predicted octanol–water partition coefficient (Wildman–Crippen LogP) is 3.29. The molecule has 25 heavy (non-hydrogen) atoms. The van der Waals surface area contributed by atoms with Crippen LogP contribution in [0.3, 0.4) is 0 Å². The van der Waals surface area contributed by atoms with Crippen LogP contribution < -0.4 is 10.2 Å². The van der Waals surface area contributed by atoms with Crippen LogP contribution in [-0.2, 0) is 0 Å². The predicted molar refractivity (Wildman–Crippen MR) is 96.2 cm³/mol. The maximum Gasteiger partial charge on any atom is 0.271 e. The summed E-state index contributed by atoms with van der Waals surface area (Å²) in [6.07, 6.45) is 2.27. The second kappa shape index (κ2) is 8.73. The maximum atomic E-state index is 12.0. The van der Waals surface area contributed by atoms with Gasteiger partial charge in [-0.1, -0.05) is 13.8 Å². The largest absolute Gasteiger partial charge is 0.508 e. The van der Waals surface area contributed by atoms with Crippen molar-refractivity contribution in [1.82, 2.24) is 5.43 Å². The van der Waals surface area contributed by atoms with Gasteiger partial charge in [0, 0.05) is 17.2 Å². The Kier molecular flexibility index (Phi) is 6.39. The van der Waals surface area contributed by atoms with Gasteiger partial charge in [0.05, 0.1) is 12.8 Å². The molecule has 3 N–H and O–H groups in total. The molecule has 0 aliphatic heterocycles. The highest BCUT2D eigenvalue weighted by molar-refractivity contribution is 5.95. The fourth-order valence-corrected chi connectivity index (χ4v) is 1.98. The Hall–Kier alpha value is -3.02. The minimum atomic E-state index is -0.372. The zero-order chi connectivity index (χ0) is 18.2. The number of nitrogens with zero attached hydrogens (tertiary/aromatic N) is 1. The summed E-state index contributed by atoms with van der Waals surface area (Å²) in [5, 5.41) is 22.7. The number of rotatable bonds is 7. The molecule has 0 aliphatic rings. The lowest BCUT2D eigenvalue weighted by Gasteiger charge is -2.08. The first-order chi connectivity index (χ1) is 12.0. The van der Waals surface area contributed by atoms with Crippen LogP contribution in [0.5, 0.6) is 17.2 Å². The Morgan fingerprint density at radius 2 is 1.92 bits per heavy atom. The van der Waals surface area contributed by atoms with Gasteiger partial charge in [-0.2, -0.15) is 5.10 Å². The van der Waals surface area contributed by atoms with Gasteiger partial charge in [-0.15, -0.1) is 0 Å². The number of hydrazone groups is 1. The fraction of sp³-hybridized carbons (Fsp3) is 0.263. The number of phenols is 2. The number of ether oxygens (including phenoxy) is 1. The van der Waals surface area contributed by atoms with Crippen LogP contribution >= 0.6 is 0 Å². The van der Waals surface area contributed by atoms with Crippen LogP contribution in [0.1, 0.15) is 36.2 Å². The Balaban J connectivity index is 1.89. The molecule has 0 aromatic heterocycles. The molecule has 132 valence electrons. The van der Waals surface area contributed by atoms with Crippen LogP contribution in [0.2, 0.25) is 0 Å². The van der Waals surface area contributed by atoms with Gasteiger partial charge < -0.3 is 14.9 Å². The molecule has 0 spiro atoms. The van der Waals surface area contributed by atoms with Crippen LogP contribution in [0, 0.1) is 5.92 Å². The van der Waals surface area contributed by atoms with Crippen molar-refractivity contribution in [3.8, 4) is 17.2 Å². The third-order valence-corrected chi connectivity index (χ3v) is 3.46. The monoisotopic (exact) mass is 342 g/mol. The molecular formula is C19H22N2O4. The number of aromatic hydroxyl groups is 2. The SMILES string of the molecule is CC(C)CCOc1ccc(C(=O)N/N=C/c2ccc(O)cc2O)cc1. The van der Waals surface area contributed by atoms with E-state index >= 15 is 0 Å². The molecule has 0 saturated carbocycles. The number of benzene rings is 2. The molecule has 6 heteroatoms. The van der Waals surface area contributed by atoms with E-state index in [-0.39, 0.29) is 17.4 Å². The minimum Gasteiger partial charge on any atom is -0.508 e. The molecule has 0 heterocycles. The average molecular weight is 342 g/mol. The third-order valence-electron chi connectivity index (χ3n) is 3.46. The lowest BCUT2D eigenvalue weighted by Crippen LogP contribution is -2.17. The first-order valence-electron chi connectivity index (χ1n) is 8.04. The fourth-order valence-electron chi connectivity index (χ4n) is 1.98. The number of phenolic OH excluding ortho intramolecular Hbond substituents is 2. The first-order valence-corrected chi connectivity index (χ1v) is 8.04. The van der Waals surface area contributed by atoms with E-state index in [0.29, 0.717) is 23.7 Å². The van der Waals surface area contributed by atoms with Gasteiger partial charge in [-0.05, 0) is 48.7 Å². The van der Waals surface area contributed by atoms with Gasteiger partial charge >= 0.3 is 0 Å². The average Bonchev–Trinajstić information content (AvgIpc) is 2.57. The van der Waals surface area contributed by atoms with Gasteiger partial charge in [-0.3, -0.25) is 4.79 Å². The number of hydrogen-bond acceptors (Lipinski definition) is 5.